The molecule has 5 aliphatic rings. The van der Waals surface area contributed by atoms with Gasteiger partial charge in [-0.1, -0.05) is 177 Å². The molecule has 0 N–H and O–H groups in total. The van der Waals surface area contributed by atoms with Crippen LogP contribution in [0.1, 0.15) is 113 Å². The average molecular weight is 725 g/mol. The molecule has 6 aromatic rings. The normalized spacial score (nSPS) is 21.8. The van der Waals surface area contributed by atoms with Gasteiger partial charge in [0.25, 0.3) is 0 Å². The van der Waals surface area contributed by atoms with Crippen LogP contribution in [0, 0.1) is 17.3 Å². The second kappa shape index (κ2) is 11.4. The molecule has 11 rings (SSSR count). The summed E-state index contributed by atoms with van der Waals surface area (Å²) in [6.07, 6.45) is 21.9. The van der Waals surface area contributed by atoms with Crippen molar-refractivity contribution in [2.45, 2.75) is 85.0 Å². The fourth-order valence-corrected chi connectivity index (χ4v) is 11.2. The Bertz CT molecular complexity index is 2880. The second-order valence-electron chi connectivity index (χ2n) is 19.8. The molecule has 0 saturated heterocycles. The van der Waals surface area contributed by atoms with E-state index in [9.17, 15) is 0 Å². The van der Waals surface area contributed by atoms with E-state index >= 15 is 0 Å². The SMILES string of the molecule is CCC(C)(C)C1=CC2C=Cc3ccc(C4=CC=C5c6ccc(-c7ccc8ccc9cc(C(C)(C)C)cc%10ccc7c8c9%10)cc6C(C)(C)C5C4)c4c3C2C(=C1)C=C4. The van der Waals surface area contributed by atoms with Gasteiger partial charge in [-0.2, -0.15) is 0 Å². The molecule has 0 fully saturated rings. The van der Waals surface area contributed by atoms with E-state index in [0.29, 0.717) is 17.8 Å². The lowest BCUT2D eigenvalue weighted by atomic mass is 9.64. The highest BCUT2D eigenvalue weighted by Gasteiger charge is 2.45. The fraction of sp³-hybridized carbons (Fsp3) is 0.286. The summed E-state index contributed by atoms with van der Waals surface area (Å²) in [4.78, 5) is 0. The summed E-state index contributed by atoms with van der Waals surface area (Å²) < 4.78 is 0. The van der Waals surface area contributed by atoms with E-state index in [-0.39, 0.29) is 16.2 Å². The van der Waals surface area contributed by atoms with Gasteiger partial charge in [0.15, 0.2) is 0 Å². The van der Waals surface area contributed by atoms with E-state index < -0.39 is 0 Å². The van der Waals surface area contributed by atoms with Gasteiger partial charge in [0.05, 0.1) is 0 Å². The monoisotopic (exact) mass is 724 g/mol. The maximum absolute atomic E-state index is 2.57. The Morgan fingerprint density at radius 2 is 1.45 bits per heavy atom. The highest BCUT2D eigenvalue weighted by Crippen LogP contribution is 2.57. The quantitative estimate of drug-likeness (QED) is 0.159. The van der Waals surface area contributed by atoms with Crippen LogP contribution in [-0.4, -0.2) is 0 Å². The fourth-order valence-electron chi connectivity index (χ4n) is 11.2. The smallest absolute Gasteiger partial charge is 0.0199 e. The van der Waals surface area contributed by atoms with E-state index in [1.54, 1.807) is 0 Å². The molecule has 0 bridgehead atoms. The Hall–Kier alpha value is -5.20. The summed E-state index contributed by atoms with van der Waals surface area (Å²) in [7, 11) is 0. The Balaban J connectivity index is 0.968. The summed E-state index contributed by atoms with van der Waals surface area (Å²) in [6, 6.07) is 31.1. The van der Waals surface area contributed by atoms with Crippen LogP contribution in [0.2, 0.25) is 0 Å². The van der Waals surface area contributed by atoms with Gasteiger partial charge in [-0.15, -0.1) is 0 Å². The highest BCUT2D eigenvalue weighted by molar-refractivity contribution is 6.25. The summed E-state index contributed by atoms with van der Waals surface area (Å²) in [5, 5.41) is 8.14. The summed E-state index contributed by atoms with van der Waals surface area (Å²) in [5.74, 6) is 1.26. The molecule has 0 nitrogen and oxygen atoms in total. The Morgan fingerprint density at radius 1 is 0.714 bits per heavy atom. The number of rotatable bonds is 4. The summed E-state index contributed by atoms with van der Waals surface area (Å²) >= 11 is 0. The van der Waals surface area contributed by atoms with Crippen LogP contribution in [-0.2, 0) is 10.8 Å². The van der Waals surface area contributed by atoms with Crippen molar-refractivity contribution in [2.75, 3.05) is 0 Å². The van der Waals surface area contributed by atoms with Gasteiger partial charge >= 0.3 is 0 Å². The first-order chi connectivity index (χ1) is 26.8. The second-order valence-corrected chi connectivity index (χ2v) is 19.8. The van der Waals surface area contributed by atoms with Gasteiger partial charge in [-0.05, 0) is 146 Å². The minimum Gasteiger partial charge on any atom is -0.0760 e. The van der Waals surface area contributed by atoms with E-state index in [4.69, 9.17) is 0 Å². The molecule has 0 spiro atoms. The maximum atomic E-state index is 2.57. The van der Waals surface area contributed by atoms with Crippen molar-refractivity contribution < 1.29 is 0 Å². The third-order valence-electron chi connectivity index (χ3n) is 15.0. The molecule has 3 atom stereocenters. The maximum Gasteiger partial charge on any atom is 0.0199 e. The number of fused-ring (bicyclic) bond motifs is 3. The molecule has 0 aliphatic heterocycles. The van der Waals surface area contributed by atoms with Crippen molar-refractivity contribution in [2.24, 2.45) is 17.3 Å². The molecule has 56 heavy (non-hydrogen) atoms. The van der Waals surface area contributed by atoms with Crippen LogP contribution in [0.4, 0.5) is 0 Å². The zero-order valence-corrected chi connectivity index (χ0v) is 34.3. The van der Waals surface area contributed by atoms with Crippen molar-refractivity contribution in [3.63, 3.8) is 0 Å². The van der Waals surface area contributed by atoms with Crippen molar-refractivity contribution in [1.82, 2.24) is 0 Å². The van der Waals surface area contributed by atoms with Crippen molar-refractivity contribution in [3.8, 4) is 11.1 Å². The predicted octanol–water partition coefficient (Wildman–Crippen LogP) is 15.4. The van der Waals surface area contributed by atoms with Gasteiger partial charge in [0.2, 0.25) is 0 Å². The average Bonchev–Trinajstić information content (AvgIpc) is 3.42. The Morgan fingerprint density at radius 3 is 2.23 bits per heavy atom. The molecule has 0 radical (unpaired) electrons. The molecular weight excluding hydrogens is 673 g/mol. The van der Waals surface area contributed by atoms with E-state index in [0.717, 1.165) is 12.8 Å². The van der Waals surface area contributed by atoms with Crippen molar-refractivity contribution >= 4 is 55.6 Å². The third-order valence-corrected chi connectivity index (χ3v) is 15.0. The van der Waals surface area contributed by atoms with Gasteiger partial charge < -0.3 is 0 Å². The lowest BCUT2D eigenvalue weighted by molar-refractivity contribution is 0.418. The lowest BCUT2D eigenvalue weighted by Crippen LogP contribution is -2.26. The molecule has 0 aromatic heterocycles. The van der Waals surface area contributed by atoms with E-state index in [1.165, 1.54) is 105 Å². The van der Waals surface area contributed by atoms with Crippen LogP contribution in [0.3, 0.4) is 0 Å². The first-order valence-electron chi connectivity index (χ1n) is 21.1. The molecule has 0 heterocycles. The van der Waals surface area contributed by atoms with Gasteiger partial charge in [-0.3, -0.25) is 0 Å². The van der Waals surface area contributed by atoms with Crippen molar-refractivity contribution in [1.29, 1.82) is 0 Å². The number of benzene rings is 6. The highest BCUT2D eigenvalue weighted by atomic mass is 14.5. The van der Waals surface area contributed by atoms with E-state index in [1.807, 2.05) is 0 Å². The van der Waals surface area contributed by atoms with Crippen LogP contribution in [0.25, 0.3) is 66.7 Å². The molecule has 0 amide bonds. The van der Waals surface area contributed by atoms with E-state index in [2.05, 4.69) is 183 Å². The third kappa shape index (κ3) is 4.71. The molecule has 276 valence electrons. The van der Waals surface area contributed by atoms with Crippen LogP contribution in [0.15, 0.2) is 126 Å². The Labute approximate surface area is 333 Å². The summed E-state index contributed by atoms with van der Waals surface area (Å²) in [5.41, 5.74) is 19.0. The Kier molecular flexibility index (Phi) is 6.96. The minimum absolute atomic E-state index is 0.00545. The molecule has 5 aliphatic carbocycles. The number of hydrogen-bond donors (Lipinski definition) is 0. The van der Waals surface area contributed by atoms with Gasteiger partial charge in [0.1, 0.15) is 0 Å². The zero-order chi connectivity index (χ0) is 38.5. The molecule has 0 saturated carbocycles. The first kappa shape index (κ1) is 34.1. The zero-order valence-electron chi connectivity index (χ0n) is 34.3. The number of hydrogen-bond acceptors (Lipinski definition) is 0. The standard InChI is InChI=1S/C56H52/c1-9-55(5,6)41-28-37-13-11-33-15-21-43(47-25-19-39(29-41)51(37)53(33)47)35-17-23-45-44-22-16-34(30-48(44)56(7,8)49(45)31-35)42-20-14-32-10-12-36-26-40(54(2,3)4)27-38-18-24-46(42)52(32)50(36)38/h10-30,37,49,51H,9,31H2,1-8H3. The summed E-state index contributed by atoms with van der Waals surface area (Å²) in [6.45, 7) is 19.0. The molecule has 3 unspecified atom stereocenters. The molecule has 0 heteroatoms. The largest absolute Gasteiger partial charge is 0.0760 e. The topological polar surface area (TPSA) is 0 Å². The van der Waals surface area contributed by atoms with Crippen LogP contribution in [0.5, 0.6) is 0 Å². The molecular formula is C56H52. The number of allylic oxidation sites excluding steroid dienone is 10. The molecule has 6 aromatic carbocycles. The van der Waals surface area contributed by atoms with Crippen LogP contribution < -0.4 is 0 Å². The van der Waals surface area contributed by atoms with Gasteiger partial charge in [-0.25, -0.2) is 0 Å². The predicted molar refractivity (Wildman–Crippen MR) is 242 cm³/mol. The minimum atomic E-state index is 0.00545. The van der Waals surface area contributed by atoms with Gasteiger partial charge in [0, 0.05) is 11.8 Å². The van der Waals surface area contributed by atoms with Crippen LogP contribution >= 0.6 is 0 Å². The first-order valence-corrected chi connectivity index (χ1v) is 21.1. The lowest BCUT2D eigenvalue weighted by Gasteiger charge is -2.40. The van der Waals surface area contributed by atoms with Crippen molar-refractivity contribution in [3.05, 3.63) is 165 Å².